The molecule has 0 atom stereocenters. The zero-order chi connectivity index (χ0) is 14.3. The van der Waals surface area contributed by atoms with Crippen LogP contribution in [-0.4, -0.2) is 30.6 Å². The highest BCUT2D eigenvalue weighted by Gasteiger charge is 2.44. The molecular weight excluding hydrogens is 262 g/mol. The lowest BCUT2D eigenvalue weighted by Crippen LogP contribution is -2.56. The van der Waals surface area contributed by atoms with Crippen molar-refractivity contribution in [1.29, 1.82) is 0 Å². The maximum Gasteiger partial charge on any atom is 0.243 e. The molecule has 19 heavy (non-hydrogen) atoms. The number of Topliss-reactive ketones (excluding diaryl/α,β-unsaturated/α-hetero) is 1. The second-order valence-electron chi connectivity index (χ2n) is 5.48. The van der Waals surface area contributed by atoms with E-state index in [9.17, 15) is 13.2 Å². The van der Waals surface area contributed by atoms with Crippen molar-refractivity contribution < 1.29 is 13.2 Å². The van der Waals surface area contributed by atoms with Crippen molar-refractivity contribution in [3.63, 3.8) is 0 Å². The van der Waals surface area contributed by atoms with E-state index in [1.54, 1.807) is 38.1 Å². The molecule has 0 aromatic heterocycles. The lowest BCUT2D eigenvalue weighted by Gasteiger charge is -2.39. The predicted octanol–water partition coefficient (Wildman–Crippen LogP) is 2.13. The third-order valence-corrected chi connectivity index (χ3v) is 5.77. The molecule has 2 rings (SSSR count). The average Bonchev–Trinajstić information content (AvgIpc) is 2.33. The van der Waals surface area contributed by atoms with Gasteiger partial charge in [0.25, 0.3) is 0 Å². The third-order valence-electron chi connectivity index (χ3n) is 3.68. The quantitative estimate of drug-likeness (QED) is 0.834. The van der Waals surface area contributed by atoms with E-state index in [1.165, 1.54) is 4.31 Å². The van der Waals surface area contributed by atoms with Gasteiger partial charge >= 0.3 is 0 Å². The Morgan fingerprint density at radius 2 is 1.74 bits per heavy atom. The molecule has 0 bridgehead atoms. The minimum absolute atomic E-state index is 0.0190. The van der Waals surface area contributed by atoms with Crippen LogP contribution in [0, 0.1) is 6.92 Å². The summed E-state index contributed by atoms with van der Waals surface area (Å²) in [6.45, 7) is 5.67. The maximum atomic E-state index is 12.6. The van der Waals surface area contributed by atoms with Crippen molar-refractivity contribution >= 4 is 15.8 Å². The molecule has 0 amide bonds. The standard InChI is InChI=1S/C14H19NO3S/c1-11-6-8-12(9-7-11)19(17,18)15-10-4-5-13(16)14(15,2)3/h6-9H,4-5,10H2,1-3H3. The molecule has 4 nitrogen and oxygen atoms in total. The van der Waals surface area contributed by atoms with Crippen LogP contribution >= 0.6 is 0 Å². The Hall–Kier alpha value is -1.20. The molecule has 0 aliphatic carbocycles. The summed E-state index contributed by atoms with van der Waals surface area (Å²) >= 11 is 0. The molecule has 1 aliphatic rings. The Morgan fingerprint density at radius 3 is 2.32 bits per heavy atom. The van der Waals surface area contributed by atoms with Gasteiger partial charge in [-0.2, -0.15) is 4.31 Å². The SMILES string of the molecule is Cc1ccc(S(=O)(=O)N2CCCC(=O)C2(C)C)cc1. The number of carbonyl (C=O) groups excluding carboxylic acids is 1. The molecule has 0 saturated carbocycles. The van der Waals surface area contributed by atoms with Crippen LogP contribution in [0.3, 0.4) is 0 Å². The molecule has 0 N–H and O–H groups in total. The molecular formula is C14H19NO3S. The monoisotopic (exact) mass is 281 g/mol. The number of benzene rings is 1. The minimum atomic E-state index is -3.61. The average molecular weight is 281 g/mol. The Kier molecular flexibility index (Phi) is 3.53. The second kappa shape index (κ2) is 4.72. The summed E-state index contributed by atoms with van der Waals surface area (Å²) in [6, 6.07) is 6.73. The molecule has 1 aliphatic heterocycles. The topological polar surface area (TPSA) is 54.5 Å². The molecule has 0 radical (unpaired) electrons. The number of ketones is 1. The number of hydrogen-bond donors (Lipinski definition) is 0. The van der Waals surface area contributed by atoms with Crippen LogP contribution in [0.5, 0.6) is 0 Å². The highest BCUT2D eigenvalue weighted by atomic mass is 32.2. The number of sulfonamides is 1. The highest BCUT2D eigenvalue weighted by Crippen LogP contribution is 2.30. The van der Waals surface area contributed by atoms with E-state index in [4.69, 9.17) is 0 Å². The van der Waals surface area contributed by atoms with E-state index in [2.05, 4.69) is 0 Å². The van der Waals surface area contributed by atoms with Crippen molar-refractivity contribution in [1.82, 2.24) is 4.31 Å². The normalized spacial score (nSPS) is 20.5. The first-order valence-corrected chi connectivity index (χ1v) is 7.83. The first-order chi connectivity index (χ1) is 8.76. The Balaban J connectivity index is 2.44. The van der Waals surface area contributed by atoms with Crippen LogP contribution in [0.1, 0.15) is 32.3 Å². The molecule has 0 unspecified atom stereocenters. The van der Waals surface area contributed by atoms with E-state index in [1.807, 2.05) is 6.92 Å². The van der Waals surface area contributed by atoms with Crippen LogP contribution in [0.2, 0.25) is 0 Å². The summed E-state index contributed by atoms with van der Waals surface area (Å²) in [5.74, 6) is -0.0190. The van der Waals surface area contributed by atoms with Gasteiger partial charge in [0.1, 0.15) is 0 Å². The zero-order valence-corrected chi connectivity index (χ0v) is 12.3. The number of aryl methyl sites for hydroxylation is 1. The smallest absolute Gasteiger partial charge is 0.243 e. The van der Waals surface area contributed by atoms with Crippen molar-refractivity contribution in [3.8, 4) is 0 Å². The number of piperidine rings is 1. The van der Waals surface area contributed by atoms with E-state index >= 15 is 0 Å². The van der Waals surface area contributed by atoms with Crippen LogP contribution in [0.25, 0.3) is 0 Å². The number of carbonyl (C=O) groups is 1. The molecule has 104 valence electrons. The van der Waals surface area contributed by atoms with Crippen molar-refractivity contribution in [2.24, 2.45) is 0 Å². The fraction of sp³-hybridized carbons (Fsp3) is 0.500. The van der Waals surface area contributed by atoms with E-state index in [0.717, 1.165) is 5.56 Å². The molecule has 1 aromatic carbocycles. The third kappa shape index (κ3) is 2.44. The molecule has 1 fully saturated rings. The van der Waals surface area contributed by atoms with Gasteiger partial charge in [-0.3, -0.25) is 4.79 Å². The largest absolute Gasteiger partial charge is 0.298 e. The van der Waals surface area contributed by atoms with E-state index in [-0.39, 0.29) is 10.7 Å². The molecule has 0 spiro atoms. The van der Waals surface area contributed by atoms with Crippen LogP contribution in [-0.2, 0) is 14.8 Å². The second-order valence-corrected chi connectivity index (χ2v) is 7.34. The first kappa shape index (κ1) is 14.2. The van der Waals surface area contributed by atoms with Crippen LogP contribution in [0.15, 0.2) is 29.2 Å². The highest BCUT2D eigenvalue weighted by molar-refractivity contribution is 7.89. The van der Waals surface area contributed by atoms with Gasteiger partial charge in [0.15, 0.2) is 5.78 Å². The van der Waals surface area contributed by atoms with Gasteiger partial charge in [-0.05, 0) is 39.3 Å². The molecule has 5 heteroatoms. The van der Waals surface area contributed by atoms with Gasteiger partial charge in [0.2, 0.25) is 10.0 Å². The van der Waals surface area contributed by atoms with Crippen molar-refractivity contribution in [2.75, 3.05) is 6.54 Å². The maximum absolute atomic E-state index is 12.6. The summed E-state index contributed by atoms with van der Waals surface area (Å²) in [4.78, 5) is 12.2. The fourth-order valence-electron chi connectivity index (χ4n) is 2.37. The lowest BCUT2D eigenvalue weighted by molar-refractivity contribution is -0.129. The van der Waals surface area contributed by atoms with E-state index in [0.29, 0.717) is 19.4 Å². The number of rotatable bonds is 2. The van der Waals surface area contributed by atoms with Gasteiger partial charge in [0.05, 0.1) is 10.4 Å². The zero-order valence-electron chi connectivity index (χ0n) is 11.5. The van der Waals surface area contributed by atoms with Gasteiger partial charge < -0.3 is 0 Å². The van der Waals surface area contributed by atoms with E-state index < -0.39 is 15.6 Å². The van der Waals surface area contributed by atoms with Gasteiger partial charge in [-0.15, -0.1) is 0 Å². The van der Waals surface area contributed by atoms with Crippen LogP contribution in [0.4, 0.5) is 0 Å². The summed E-state index contributed by atoms with van der Waals surface area (Å²) < 4.78 is 26.6. The fourth-order valence-corrected chi connectivity index (χ4v) is 4.17. The Bertz CT molecular complexity index is 588. The van der Waals surface area contributed by atoms with Crippen LogP contribution < -0.4 is 0 Å². The summed E-state index contributed by atoms with van der Waals surface area (Å²) in [6.07, 6.45) is 1.04. The lowest BCUT2D eigenvalue weighted by atomic mass is 9.92. The van der Waals surface area contributed by atoms with Crippen molar-refractivity contribution in [3.05, 3.63) is 29.8 Å². The summed E-state index contributed by atoms with van der Waals surface area (Å²) in [5, 5.41) is 0. The number of nitrogens with zero attached hydrogens (tertiary/aromatic N) is 1. The molecule has 1 heterocycles. The summed E-state index contributed by atoms with van der Waals surface area (Å²) in [7, 11) is -3.61. The molecule has 1 aromatic rings. The minimum Gasteiger partial charge on any atom is -0.298 e. The summed E-state index contributed by atoms with van der Waals surface area (Å²) in [5.41, 5.74) is 0.0510. The van der Waals surface area contributed by atoms with Crippen molar-refractivity contribution in [2.45, 2.75) is 44.0 Å². The van der Waals surface area contributed by atoms with Gasteiger partial charge in [-0.1, -0.05) is 17.7 Å². The predicted molar refractivity (Wildman–Crippen MR) is 73.4 cm³/mol. The Labute approximate surface area is 114 Å². The van der Waals surface area contributed by atoms with Gasteiger partial charge in [-0.25, -0.2) is 8.42 Å². The number of hydrogen-bond acceptors (Lipinski definition) is 3. The Morgan fingerprint density at radius 1 is 1.16 bits per heavy atom. The molecule has 1 saturated heterocycles. The van der Waals surface area contributed by atoms with Gasteiger partial charge in [0, 0.05) is 13.0 Å². The first-order valence-electron chi connectivity index (χ1n) is 6.39.